The number of anilines is 1. The molecule has 0 aliphatic carbocycles. The van der Waals surface area contributed by atoms with Crippen LogP contribution < -0.4 is 11.1 Å². The number of para-hydroxylation sites is 1. The van der Waals surface area contributed by atoms with Gasteiger partial charge in [-0.1, -0.05) is 25.1 Å². The van der Waals surface area contributed by atoms with Gasteiger partial charge < -0.3 is 16.2 Å². The van der Waals surface area contributed by atoms with Crippen LogP contribution in [0.3, 0.4) is 0 Å². The van der Waals surface area contributed by atoms with Gasteiger partial charge in [0.15, 0.2) is 0 Å². The average molecular weight is 250 g/mol. The van der Waals surface area contributed by atoms with Gasteiger partial charge in [0.1, 0.15) is 0 Å². The quantitative estimate of drug-likeness (QED) is 0.662. The third kappa shape index (κ3) is 6.25. The molecule has 0 aliphatic heterocycles. The minimum absolute atomic E-state index is 0.0520. The zero-order chi connectivity index (χ0) is 13.4. The molecule has 1 rings (SSSR count). The van der Waals surface area contributed by atoms with E-state index < -0.39 is 5.97 Å². The van der Waals surface area contributed by atoms with E-state index in [1.165, 1.54) is 0 Å². The lowest BCUT2D eigenvalue weighted by Gasteiger charge is -2.16. The van der Waals surface area contributed by atoms with Crippen LogP contribution in [0.1, 0.15) is 26.2 Å². The largest absolute Gasteiger partial charge is 0.481 e. The van der Waals surface area contributed by atoms with Crippen LogP contribution in [0.15, 0.2) is 30.3 Å². The zero-order valence-electron chi connectivity index (χ0n) is 10.8. The van der Waals surface area contributed by atoms with Crippen molar-refractivity contribution in [2.45, 2.75) is 32.2 Å². The van der Waals surface area contributed by atoms with Crippen molar-refractivity contribution in [3.63, 3.8) is 0 Å². The van der Waals surface area contributed by atoms with Gasteiger partial charge in [0, 0.05) is 18.3 Å². The Kier molecular flexibility index (Phi) is 6.22. The summed E-state index contributed by atoms with van der Waals surface area (Å²) in [5, 5.41) is 12.0. The second kappa shape index (κ2) is 7.71. The highest BCUT2D eigenvalue weighted by atomic mass is 16.4. The van der Waals surface area contributed by atoms with Crippen LogP contribution in [0.25, 0.3) is 0 Å². The van der Waals surface area contributed by atoms with E-state index in [0.717, 1.165) is 25.1 Å². The summed E-state index contributed by atoms with van der Waals surface area (Å²) in [6.07, 6.45) is 1.79. The Morgan fingerprint density at radius 3 is 2.67 bits per heavy atom. The van der Waals surface area contributed by atoms with Gasteiger partial charge in [-0.2, -0.15) is 0 Å². The van der Waals surface area contributed by atoms with Gasteiger partial charge in [-0.25, -0.2) is 0 Å². The summed E-state index contributed by atoms with van der Waals surface area (Å²) < 4.78 is 0. The number of carboxylic acids is 1. The van der Waals surface area contributed by atoms with Crippen molar-refractivity contribution in [2.75, 3.05) is 11.9 Å². The highest BCUT2D eigenvalue weighted by molar-refractivity contribution is 5.67. The standard InChI is InChI=1S/C14H22N2O2/c1-11(9-12(15)10-14(17)18)7-8-16-13-5-3-2-4-6-13/h2-6,11-12,16H,7-10,15H2,1H3,(H,17,18)/t11-,12+/m1/s1. The summed E-state index contributed by atoms with van der Waals surface area (Å²) in [5.74, 6) is -0.396. The lowest BCUT2D eigenvalue weighted by molar-refractivity contribution is -0.137. The molecule has 0 amide bonds. The summed E-state index contributed by atoms with van der Waals surface area (Å²) in [7, 11) is 0. The predicted octanol–water partition coefficient (Wildman–Crippen LogP) is 2.32. The Bertz CT molecular complexity index is 354. The van der Waals surface area contributed by atoms with Gasteiger partial charge in [0.2, 0.25) is 0 Å². The average Bonchev–Trinajstić information content (AvgIpc) is 2.29. The lowest BCUT2D eigenvalue weighted by atomic mass is 9.97. The van der Waals surface area contributed by atoms with E-state index in [1.807, 2.05) is 30.3 Å². The summed E-state index contributed by atoms with van der Waals surface area (Å²) in [4.78, 5) is 10.5. The maximum Gasteiger partial charge on any atom is 0.304 e. The van der Waals surface area contributed by atoms with Crippen molar-refractivity contribution < 1.29 is 9.90 Å². The molecule has 18 heavy (non-hydrogen) atoms. The number of nitrogens with one attached hydrogen (secondary N) is 1. The fraction of sp³-hybridized carbons (Fsp3) is 0.500. The molecule has 4 N–H and O–H groups in total. The highest BCUT2D eigenvalue weighted by Gasteiger charge is 2.12. The molecule has 4 nitrogen and oxygen atoms in total. The number of nitrogens with two attached hydrogens (primary N) is 1. The minimum Gasteiger partial charge on any atom is -0.481 e. The molecule has 4 heteroatoms. The van der Waals surface area contributed by atoms with Crippen LogP contribution in [0, 0.1) is 5.92 Å². The topological polar surface area (TPSA) is 75.3 Å². The van der Waals surface area contributed by atoms with Gasteiger partial charge >= 0.3 is 5.97 Å². The number of hydrogen-bond acceptors (Lipinski definition) is 3. The first kappa shape index (κ1) is 14.5. The van der Waals surface area contributed by atoms with E-state index in [4.69, 9.17) is 10.8 Å². The van der Waals surface area contributed by atoms with E-state index in [1.54, 1.807) is 0 Å². The molecule has 1 aromatic rings. The van der Waals surface area contributed by atoms with E-state index in [9.17, 15) is 4.79 Å². The number of aliphatic carboxylic acids is 1. The van der Waals surface area contributed by atoms with E-state index in [2.05, 4.69) is 12.2 Å². The zero-order valence-corrected chi connectivity index (χ0v) is 10.8. The molecule has 0 heterocycles. The number of rotatable bonds is 8. The molecule has 0 radical (unpaired) electrons. The maximum atomic E-state index is 10.5. The third-order valence-corrected chi connectivity index (χ3v) is 2.88. The monoisotopic (exact) mass is 250 g/mol. The molecule has 0 bridgehead atoms. The molecule has 2 atom stereocenters. The van der Waals surface area contributed by atoms with Crippen molar-refractivity contribution in [1.82, 2.24) is 0 Å². The van der Waals surface area contributed by atoms with Crippen LogP contribution in [0.4, 0.5) is 5.69 Å². The Balaban J connectivity index is 2.17. The van der Waals surface area contributed by atoms with Crippen LogP contribution in [-0.2, 0) is 4.79 Å². The predicted molar refractivity (Wildman–Crippen MR) is 73.6 cm³/mol. The Morgan fingerprint density at radius 1 is 1.39 bits per heavy atom. The molecule has 0 aliphatic rings. The summed E-state index contributed by atoms with van der Waals surface area (Å²) >= 11 is 0. The summed E-state index contributed by atoms with van der Waals surface area (Å²) in [6.45, 7) is 2.99. The van der Waals surface area contributed by atoms with Gasteiger partial charge in [0.25, 0.3) is 0 Å². The van der Waals surface area contributed by atoms with Crippen LogP contribution in [0.5, 0.6) is 0 Å². The molecular formula is C14H22N2O2. The molecule has 0 unspecified atom stereocenters. The number of hydrogen-bond donors (Lipinski definition) is 3. The summed E-state index contributed by atoms with van der Waals surface area (Å²) in [5.41, 5.74) is 6.87. The van der Waals surface area contributed by atoms with E-state index >= 15 is 0 Å². The molecule has 0 aromatic heterocycles. The normalized spacial score (nSPS) is 13.9. The van der Waals surface area contributed by atoms with Crippen LogP contribution in [0.2, 0.25) is 0 Å². The van der Waals surface area contributed by atoms with Gasteiger partial charge in [-0.05, 0) is 30.9 Å². The van der Waals surface area contributed by atoms with Crippen LogP contribution in [-0.4, -0.2) is 23.7 Å². The highest BCUT2D eigenvalue weighted by Crippen LogP contribution is 2.12. The number of carboxylic acid groups (broad SMARTS) is 1. The van der Waals surface area contributed by atoms with Gasteiger partial charge in [0.05, 0.1) is 6.42 Å². The van der Waals surface area contributed by atoms with Gasteiger partial charge in [-0.15, -0.1) is 0 Å². The van der Waals surface area contributed by atoms with Crippen molar-refractivity contribution in [3.8, 4) is 0 Å². The second-order valence-electron chi connectivity index (χ2n) is 4.78. The van der Waals surface area contributed by atoms with Gasteiger partial charge in [-0.3, -0.25) is 4.79 Å². The molecule has 0 spiro atoms. The Morgan fingerprint density at radius 2 is 2.06 bits per heavy atom. The summed E-state index contributed by atoms with van der Waals surface area (Å²) in [6, 6.07) is 9.79. The second-order valence-corrected chi connectivity index (χ2v) is 4.78. The third-order valence-electron chi connectivity index (χ3n) is 2.88. The smallest absolute Gasteiger partial charge is 0.304 e. The van der Waals surface area contributed by atoms with E-state index in [-0.39, 0.29) is 12.5 Å². The Labute approximate surface area is 108 Å². The minimum atomic E-state index is -0.822. The maximum absolute atomic E-state index is 10.5. The Hall–Kier alpha value is -1.55. The first-order valence-corrected chi connectivity index (χ1v) is 6.34. The molecule has 1 aromatic carbocycles. The molecule has 0 saturated carbocycles. The molecule has 0 saturated heterocycles. The van der Waals surface area contributed by atoms with E-state index in [0.29, 0.717) is 5.92 Å². The molecule has 100 valence electrons. The van der Waals surface area contributed by atoms with Crippen LogP contribution >= 0.6 is 0 Å². The molecular weight excluding hydrogens is 228 g/mol. The van der Waals surface area contributed by atoms with Crippen molar-refractivity contribution in [3.05, 3.63) is 30.3 Å². The first-order valence-electron chi connectivity index (χ1n) is 6.34. The fourth-order valence-corrected chi connectivity index (χ4v) is 1.96. The van der Waals surface area contributed by atoms with Crippen molar-refractivity contribution in [1.29, 1.82) is 0 Å². The number of carbonyl (C=O) groups is 1. The lowest BCUT2D eigenvalue weighted by Crippen LogP contribution is -2.26. The fourth-order valence-electron chi connectivity index (χ4n) is 1.96. The SMILES string of the molecule is C[C@H](CCNc1ccccc1)C[C@H](N)CC(=O)O. The van der Waals surface area contributed by atoms with Crippen molar-refractivity contribution >= 4 is 11.7 Å². The molecule has 0 fully saturated rings. The first-order chi connectivity index (χ1) is 8.58. The van der Waals surface area contributed by atoms with Crippen molar-refractivity contribution in [2.24, 2.45) is 11.7 Å². The number of benzene rings is 1.